The molecular weight excluding hydrogens is 317 g/mol. The van der Waals surface area contributed by atoms with E-state index in [1.54, 1.807) is 6.07 Å². The first kappa shape index (κ1) is 14.8. The van der Waals surface area contributed by atoms with E-state index in [1.165, 1.54) is 0 Å². The van der Waals surface area contributed by atoms with Crippen LogP contribution in [0.4, 0.5) is 5.82 Å². The summed E-state index contributed by atoms with van der Waals surface area (Å²) in [4.78, 5) is 8.77. The molecule has 0 radical (unpaired) electrons. The van der Waals surface area contributed by atoms with Gasteiger partial charge in [-0.2, -0.15) is 0 Å². The molecule has 0 fully saturated rings. The predicted molar refractivity (Wildman–Crippen MR) is 91.3 cm³/mol. The van der Waals surface area contributed by atoms with Gasteiger partial charge in [0.15, 0.2) is 5.82 Å². The van der Waals surface area contributed by atoms with Crippen molar-refractivity contribution < 1.29 is 0 Å². The van der Waals surface area contributed by atoms with E-state index >= 15 is 0 Å². The Hall–Kier alpha value is -2.10. The summed E-state index contributed by atoms with van der Waals surface area (Å²) in [6, 6.07) is 19.1. The smallest absolute Gasteiger partial charge is 0.163 e. The van der Waals surface area contributed by atoms with Crippen molar-refractivity contribution in [1.29, 1.82) is 0 Å². The number of hydrogen-bond acceptors (Lipinski definition) is 3. The lowest BCUT2D eigenvalue weighted by molar-refractivity contribution is 1.09. The Bertz CT molecular complexity index is 776. The molecule has 1 aromatic heterocycles. The lowest BCUT2D eigenvalue weighted by atomic mass is 10.2. The molecule has 22 heavy (non-hydrogen) atoms. The number of nitrogens with one attached hydrogen (secondary N) is 1. The first-order valence-electron chi connectivity index (χ1n) is 6.79. The average Bonchev–Trinajstić information content (AvgIpc) is 2.53. The molecule has 1 heterocycles. The van der Waals surface area contributed by atoms with E-state index in [1.807, 2.05) is 54.6 Å². The third kappa shape index (κ3) is 3.75. The Kier molecular flexibility index (Phi) is 4.56. The van der Waals surface area contributed by atoms with Gasteiger partial charge in [-0.1, -0.05) is 65.7 Å². The van der Waals surface area contributed by atoms with E-state index in [0.717, 1.165) is 11.1 Å². The zero-order valence-electron chi connectivity index (χ0n) is 11.6. The first-order chi connectivity index (χ1) is 10.7. The summed E-state index contributed by atoms with van der Waals surface area (Å²) in [5.74, 6) is 1.28. The summed E-state index contributed by atoms with van der Waals surface area (Å²) in [6.45, 7) is 0.613. The van der Waals surface area contributed by atoms with Gasteiger partial charge in [-0.3, -0.25) is 0 Å². The van der Waals surface area contributed by atoms with Crippen LogP contribution in [-0.2, 0) is 6.54 Å². The van der Waals surface area contributed by atoms with Crippen LogP contribution in [0.25, 0.3) is 11.4 Å². The maximum absolute atomic E-state index is 6.09. The maximum Gasteiger partial charge on any atom is 0.163 e. The van der Waals surface area contributed by atoms with E-state index in [2.05, 4.69) is 15.3 Å². The van der Waals surface area contributed by atoms with Crippen molar-refractivity contribution in [2.24, 2.45) is 0 Å². The fourth-order valence-electron chi connectivity index (χ4n) is 2.06. The molecule has 0 saturated heterocycles. The van der Waals surface area contributed by atoms with Crippen LogP contribution in [0.2, 0.25) is 10.2 Å². The zero-order valence-corrected chi connectivity index (χ0v) is 13.1. The van der Waals surface area contributed by atoms with Gasteiger partial charge in [0.05, 0.1) is 0 Å². The summed E-state index contributed by atoms with van der Waals surface area (Å²) in [6.07, 6.45) is 0. The molecule has 3 rings (SSSR count). The van der Waals surface area contributed by atoms with Crippen LogP contribution in [0.3, 0.4) is 0 Å². The molecule has 3 aromatic rings. The summed E-state index contributed by atoms with van der Waals surface area (Å²) in [7, 11) is 0. The standard InChI is InChI=1S/C17H13Cl2N3/c18-14-8-4-5-12(9-14)11-20-16-10-15(19)21-17(22-16)13-6-2-1-3-7-13/h1-10H,11H2,(H,20,21,22). The van der Waals surface area contributed by atoms with Crippen molar-refractivity contribution in [2.75, 3.05) is 5.32 Å². The quantitative estimate of drug-likeness (QED) is 0.679. The SMILES string of the molecule is Clc1cccc(CNc2cc(Cl)nc(-c3ccccc3)n2)c1. The van der Waals surface area contributed by atoms with E-state index in [-0.39, 0.29) is 0 Å². The minimum Gasteiger partial charge on any atom is -0.366 e. The molecule has 0 saturated carbocycles. The van der Waals surface area contributed by atoms with E-state index in [0.29, 0.717) is 28.4 Å². The van der Waals surface area contributed by atoms with Gasteiger partial charge in [-0.25, -0.2) is 9.97 Å². The molecule has 0 amide bonds. The second-order valence-corrected chi connectivity index (χ2v) is 5.57. The highest BCUT2D eigenvalue weighted by atomic mass is 35.5. The first-order valence-corrected chi connectivity index (χ1v) is 7.54. The molecule has 0 bridgehead atoms. The second kappa shape index (κ2) is 6.77. The Balaban J connectivity index is 1.81. The third-order valence-electron chi connectivity index (χ3n) is 3.09. The Morgan fingerprint density at radius 1 is 0.864 bits per heavy atom. The normalized spacial score (nSPS) is 10.5. The third-order valence-corrected chi connectivity index (χ3v) is 3.52. The van der Waals surface area contributed by atoms with Crippen molar-refractivity contribution in [2.45, 2.75) is 6.54 Å². The summed E-state index contributed by atoms with van der Waals surface area (Å²) in [5.41, 5.74) is 2.00. The molecule has 0 spiro atoms. The number of nitrogens with zero attached hydrogens (tertiary/aromatic N) is 2. The molecule has 1 N–H and O–H groups in total. The van der Waals surface area contributed by atoms with Gasteiger partial charge in [0, 0.05) is 23.2 Å². The average molecular weight is 330 g/mol. The molecule has 3 nitrogen and oxygen atoms in total. The number of benzene rings is 2. The fraction of sp³-hybridized carbons (Fsp3) is 0.0588. The van der Waals surface area contributed by atoms with Gasteiger partial charge in [0.2, 0.25) is 0 Å². The maximum atomic E-state index is 6.09. The van der Waals surface area contributed by atoms with Gasteiger partial charge < -0.3 is 5.32 Å². The minimum absolute atomic E-state index is 0.405. The minimum atomic E-state index is 0.405. The molecule has 0 atom stereocenters. The largest absolute Gasteiger partial charge is 0.366 e. The molecular formula is C17H13Cl2N3. The second-order valence-electron chi connectivity index (χ2n) is 4.75. The Labute approximate surface area is 139 Å². The van der Waals surface area contributed by atoms with E-state index in [9.17, 15) is 0 Å². The number of hydrogen-bond donors (Lipinski definition) is 1. The van der Waals surface area contributed by atoms with Crippen molar-refractivity contribution >= 4 is 29.0 Å². The van der Waals surface area contributed by atoms with Crippen LogP contribution < -0.4 is 5.32 Å². The number of anilines is 1. The molecule has 110 valence electrons. The van der Waals surface area contributed by atoms with Crippen LogP contribution in [0.5, 0.6) is 0 Å². The van der Waals surface area contributed by atoms with E-state index in [4.69, 9.17) is 23.2 Å². The van der Waals surface area contributed by atoms with Crippen molar-refractivity contribution in [1.82, 2.24) is 9.97 Å². The fourth-order valence-corrected chi connectivity index (χ4v) is 2.46. The van der Waals surface area contributed by atoms with Crippen molar-refractivity contribution in [3.05, 3.63) is 76.4 Å². The lowest BCUT2D eigenvalue weighted by Gasteiger charge is -2.08. The van der Waals surface area contributed by atoms with Crippen molar-refractivity contribution in [3.8, 4) is 11.4 Å². The van der Waals surface area contributed by atoms with Crippen LogP contribution in [0.1, 0.15) is 5.56 Å². The molecule has 0 aliphatic heterocycles. The van der Waals surface area contributed by atoms with Crippen LogP contribution in [0, 0.1) is 0 Å². The zero-order chi connectivity index (χ0) is 15.4. The van der Waals surface area contributed by atoms with Gasteiger partial charge in [-0.15, -0.1) is 0 Å². The van der Waals surface area contributed by atoms with Crippen LogP contribution >= 0.6 is 23.2 Å². The lowest BCUT2D eigenvalue weighted by Crippen LogP contribution is -2.03. The van der Waals surface area contributed by atoms with Crippen LogP contribution in [0.15, 0.2) is 60.7 Å². The summed E-state index contributed by atoms with van der Waals surface area (Å²) in [5, 5.41) is 4.36. The Morgan fingerprint density at radius 3 is 2.45 bits per heavy atom. The number of rotatable bonds is 4. The Morgan fingerprint density at radius 2 is 1.68 bits per heavy atom. The van der Waals surface area contributed by atoms with Gasteiger partial charge in [0.1, 0.15) is 11.0 Å². The van der Waals surface area contributed by atoms with Crippen LogP contribution in [-0.4, -0.2) is 9.97 Å². The molecule has 0 aliphatic carbocycles. The molecule has 0 unspecified atom stereocenters. The number of halogens is 2. The van der Waals surface area contributed by atoms with Crippen molar-refractivity contribution in [3.63, 3.8) is 0 Å². The number of aromatic nitrogens is 2. The molecule has 0 aliphatic rings. The van der Waals surface area contributed by atoms with E-state index < -0.39 is 0 Å². The predicted octanol–water partition coefficient (Wildman–Crippen LogP) is 5.06. The van der Waals surface area contributed by atoms with Gasteiger partial charge in [-0.05, 0) is 17.7 Å². The highest BCUT2D eigenvalue weighted by Gasteiger charge is 2.05. The topological polar surface area (TPSA) is 37.8 Å². The summed E-state index contributed by atoms with van der Waals surface area (Å²) >= 11 is 12.1. The summed E-state index contributed by atoms with van der Waals surface area (Å²) < 4.78 is 0. The van der Waals surface area contributed by atoms with Gasteiger partial charge >= 0.3 is 0 Å². The molecule has 2 aromatic carbocycles. The highest BCUT2D eigenvalue weighted by Crippen LogP contribution is 2.20. The van der Waals surface area contributed by atoms with Gasteiger partial charge in [0.25, 0.3) is 0 Å². The highest BCUT2D eigenvalue weighted by molar-refractivity contribution is 6.30. The monoisotopic (exact) mass is 329 g/mol. The molecule has 5 heteroatoms.